The average molecular weight is 336 g/mol. The SMILES string of the molecule is CS(=O)(=O)CCCNc1cc(Br)cc(C(=O)O)c1. The summed E-state index contributed by atoms with van der Waals surface area (Å²) in [6.45, 7) is 0.475. The Labute approximate surface area is 114 Å². The minimum absolute atomic E-state index is 0.111. The standard InChI is InChI=1S/C11H14BrNO4S/c1-18(16,17)4-2-3-13-10-6-8(11(14)15)5-9(12)7-10/h5-7,13H,2-4H2,1H3,(H,14,15). The Morgan fingerprint density at radius 1 is 1.39 bits per heavy atom. The van der Waals surface area contributed by atoms with E-state index in [-0.39, 0.29) is 11.3 Å². The van der Waals surface area contributed by atoms with Crippen LogP contribution in [0.5, 0.6) is 0 Å². The number of anilines is 1. The van der Waals surface area contributed by atoms with Crippen LogP contribution in [0, 0.1) is 0 Å². The normalized spacial score (nSPS) is 11.2. The molecule has 0 unspecified atom stereocenters. The minimum atomic E-state index is -2.95. The molecule has 0 bridgehead atoms. The Morgan fingerprint density at radius 2 is 2.06 bits per heavy atom. The lowest BCUT2D eigenvalue weighted by Crippen LogP contribution is -2.10. The molecule has 18 heavy (non-hydrogen) atoms. The average Bonchev–Trinajstić information content (AvgIpc) is 2.22. The summed E-state index contributed by atoms with van der Waals surface area (Å²) in [4.78, 5) is 10.8. The second-order valence-corrected chi connectivity index (χ2v) is 7.12. The Hall–Kier alpha value is -1.08. The van der Waals surface area contributed by atoms with Crippen LogP contribution in [0.2, 0.25) is 0 Å². The fraction of sp³-hybridized carbons (Fsp3) is 0.364. The monoisotopic (exact) mass is 335 g/mol. The zero-order valence-electron chi connectivity index (χ0n) is 9.81. The number of hydrogen-bond donors (Lipinski definition) is 2. The summed E-state index contributed by atoms with van der Waals surface area (Å²) in [7, 11) is -2.95. The first-order valence-electron chi connectivity index (χ1n) is 5.23. The molecule has 0 aliphatic carbocycles. The summed E-state index contributed by atoms with van der Waals surface area (Å²) in [5, 5.41) is 11.9. The van der Waals surface area contributed by atoms with Gasteiger partial charge in [-0.15, -0.1) is 0 Å². The lowest BCUT2D eigenvalue weighted by Gasteiger charge is -2.07. The number of carbonyl (C=O) groups is 1. The highest BCUT2D eigenvalue weighted by atomic mass is 79.9. The first-order chi connectivity index (χ1) is 8.28. The van der Waals surface area contributed by atoms with Gasteiger partial charge in [-0.3, -0.25) is 0 Å². The van der Waals surface area contributed by atoms with Gasteiger partial charge in [0.15, 0.2) is 0 Å². The van der Waals surface area contributed by atoms with Crippen LogP contribution in [0.1, 0.15) is 16.8 Å². The summed E-state index contributed by atoms with van der Waals surface area (Å²) in [6.07, 6.45) is 1.67. The molecule has 0 amide bonds. The number of halogens is 1. The predicted molar refractivity (Wildman–Crippen MR) is 73.9 cm³/mol. The molecule has 0 saturated carbocycles. The molecule has 0 aliphatic heterocycles. The molecule has 0 heterocycles. The molecule has 0 aromatic heterocycles. The Bertz CT molecular complexity index is 542. The molecule has 1 aromatic carbocycles. The molecule has 0 saturated heterocycles. The number of hydrogen-bond acceptors (Lipinski definition) is 4. The molecule has 0 atom stereocenters. The summed E-state index contributed by atoms with van der Waals surface area (Å²) in [5.74, 6) is -0.893. The maximum Gasteiger partial charge on any atom is 0.335 e. The van der Waals surface area contributed by atoms with Crippen molar-refractivity contribution in [2.24, 2.45) is 0 Å². The maximum absolute atomic E-state index is 10.9. The second-order valence-electron chi connectivity index (χ2n) is 3.94. The third-order valence-corrected chi connectivity index (χ3v) is 3.65. The van der Waals surface area contributed by atoms with Crippen molar-refractivity contribution < 1.29 is 18.3 Å². The van der Waals surface area contributed by atoms with E-state index in [4.69, 9.17) is 5.11 Å². The van der Waals surface area contributed by atoms with Gasteiger partial charge in [-0.05, 0) is 24.6 Å². The topological polar surface area (TPSA) is 83.5 Å². The van der Waals surface area contributed by atoms with Crippen molar-refractivity contribution in [2.45, 2.75) is 6.42 Å². The molecule has 0 radical (unpaired) electrons. The van der Waals surface area contributed by atoms with Crippen LogP contribution in [-0.4, -0.2) is 38.0 Å². The van der Waals surface area contributed by atoms with Gasteiger partial charge in [-0.2, -0.15) is 0 Å². The molecule has 1 aromatic rings. The summed E-state index contributed by atoms with van der Waals surface area (Å²) in [6, 6.07) is 4.75. The van der Waals surface area contributed by atoms with Crippen LogP contribution in [0.4, 0.5) is 5.69 Å². The number of sulfone groups is 1. The minimum Gasteiger partial charge on any atom is -0.478 e. The van der Waals surface area contributed by atoms with Gasteiger partial charge in [0.05, 0.1) is 11.3 Å². The van der Waals surface area contributed by atoms with Crippen LogP contribution in [-0.2, 0) is 9.84 Å². The smallest absolute Gasteiger partial charge is 0.335 e. The summed E-state index contributed by atoms with van der Waals surface area (Å²) < 4.78 is 22.5. The van der Waals surface area contributed by atoms with Gasteiger partial charge in [0, 0.05) is 23.0 Å². The van der Waals surface area contributed by atoms with E-state index in [0.717, 1.165) is 0 Å². The van der Waals surface area contributed by atoms with E-state index >= 15 is 0 Å². The number of carboxylic acids is 1. The van der Waals surface area contributed by atoms with E-state index in [1.54, 1.807) is 6.07 Å². The Morgan fingerprint density at radius 3 is 2.61 bits per heavy atom. The lowest BCUT2D eigenvalue weighted by molar-refractivity contribution is 0.0697. The lowest BCUT2D eigenvalue weighted by atomic mass is 10.2. The van der Waals surface area contributed by atoms with Crippen molar-refractivity contribution in [2.75, 3.05) is 23.9 Å². The van der Waals surface area contributed by atoms with Gasteiger partial charge in [-0.25, -0.2) is 13.2 Å². The molecule has 0 spiro atoms. The first-order valence-corrected chi connectivity index (χ1v) is 8.09. The molecular weight excluding hydrogens is 322 g/mol. The molecular formula is C11H14BrNO4S. The quantitative estimate of drug-likeness (QED) is 0.777. The fourth-order valence-corrected chi connectivity index (χ4v) is 2.54. The van der Waals surface area contributed by atoms with E-state index in [2.05, 4.69) is 21.2 Å². The van der Waals surface area contributed by atoms with E-state index in [1.165, 1.54) is 18.4 Å². The second kappa shape index (κ2) is 6.19. The zero-order chi connectivity index (χ0) is 13.8. The van der Waals surface area contributed by atoms with Crippen molar-refractivity contribution in [3.63, 3.8) is 0 Å². The molecule has 5 nitrogen and oxygen atoms in total. The van der Waals surface area contributed by atoms with Gasteiger partial charge in [0.25, 0.3) is 0 Å². The Balaban J connectivity index is 2.60. The Kier molecular flexibility index (Phi) is 5.15. The molecule has 7 heteroatoms. The van der Waals surface area contributed by atoms with Gasteiger partial charge in [0.1, 0.15) is 9.84 Å². The van der Waals surface area contributed by atoms with Crippen LogP contribution < -0.4 is 5.32 Å². The highest BCUT2D eigenvalue weighted by molar-refractivity contribution is 9.10. The van der Waals surface area contributed by atoms with Crippen LogP contribution >= 0.6 is 15.9 Å². The molecule has 1 rings (SSSR count). The molecule has 2 N–H and O–H groups in total. The van der Waals surface area contributed by atoms with Gasteiger partial charge < -0.3 is 10.4 Å². The fourth-order valence-electron chi connectivity index (χ4n) is 1.38. The summed E-state index contributed by atoms with van der Waals surface area (Å²) >= 11 is 3.22. The van der Waals surface area contributed by atoms with E-state index < -0.39 is 15.8 Å². The number of carboxylic acid groups (broad SMARTS) is 1. The van der Waals surface area contributed by atoms with E-state index in [1.807, 2.05) is 0 Å². The number of nitrogens with one attached hydrogen (secondary N) is 1. The maximum atomic E-state index is 10.9. The van der Waals surface area contributed by atoms with Crippen LogP contribution in [0.15, 0.2) is 22.7 Å². The van der Waals surface area contributed by atoms with Crippen molar-refractivity contribution in [1.82, 2.24) is 0 Å². The summed E-state index contributed by atoms with van der Waals surface area (Å²) in [5.41, 5.74) is 0.824. The highest BCUT2D eigenvalue weighted by Crippen LogP contribution is 2.19. The predicted octanol–water partition coefficient (Wildman–Crippen LogP) is 1.99. The third-order valence-electron chi connectivity index (χ3n) is 2.17. The highest BCUT2D eigenvalue weighted by Gasteiger charge is 2.06. The van der Waals surface area contributed by atoms with Gasteiger partial charge in [0.2, 0.25) is 0 Å². The third kappa shape index (κ3) is 5.50. The van der Waals surface area contributed by atoms with Gasteiger partial charge >= 0.3 is 5.97 Å². The number of benzene rings is 1. The largest absolute Gasteiger partial charge is 0.478 e. The molecule has 100 valence electrons. The van der Waals surface area contributed by atoms with E-state index in [0.29, 0.717) is 23.1 Å². The first kappa shape index (κ1) is 15.0. The van der Waals surface area contributed by atoms with Crippen molar-refractivity contribution >= 4 is 37.4 Å². The van der Waals surface area contributed by atoms with E-state index in [9.17, 15) is 13.2 Å². The number of rotatable bonds is 6. The van der Waals surface area contributed by atoms with Crippen molar-refractivity contribution in [1.29, 1.82) is 0 Å². The molecule has 0 fully saturated rings. The van der Waals surface area contributed by atoms with Crippen LogP contribution in [0.25, 0.3) is 0 Å². The van der Waals surface area contributed by atoms with Crippen molar-refractivity contribution in [3.8, 4) is 0 Å². The van der Waals surface area contributed by atoms with Crippen molar-refractivity contribution in [3.05, 3.63) is 28.2 Å². The number of aromatic carboxylic acids is 1. The zero-order valence-corrected chi connectivity index (χ0v) is 12.2. The van der Waals surface area contributed by atoms with Crippen LogP contribution in [0.3, 0.4) is 0 Å². The molecule has 0 aliphatic rings. The van der Waals surface area contributed by atoms with Gasteiger partial charge in [-0.1, -0.05) is 15.9 Å².